The molecule has 0 saturated carbocycles. The normalized spacial score (nSPS) is 13.3. The first-order valence-corrected chi connectivity index (χ1v) is 10.9. The summed E-state index contributed by atoms with van der Waals surface area (Å²) in [5.74, 6) is -0.123. The first-order chi connectivity index (χ1) is 14.2. The van der Waals surface area contributed by atoms with Crippen molar-refractivity contribution in [3.63, 3.8) is 0 Å². The Labute approximate surface area is 180 Å². The van der Waals surface area contributed by atoms with E-state index in [1.165, 1.54) is 22.5 Å². The average molecular weight is 420 g/mol. The Kier molecular flexibility index (Phi) is 5.20. The molecule has 2 amide bonds. The quantitative estimate of drug-likeness (QED) is 0.629. The zero-order valence-corrected chi connectivity index (χ0v) is 18.5. The maximum Gasteiger partial charge on any atom is 0.257 e. The summed E-state index contributed by atoms with van der Waals surface area (Å²) in [4.78, 5) is 30.8. The molecule has 1 aromatic heterocycles. The van der Waals surface area contributed by atoms with E-state index in [-0.39, 0.29) is 17.2 Å². The maximum absolute atomic E-state index is 12.6. The molecule has 1 aliphatic rings. The molecule has 6 heteroatoms. The topological polar surface area (TPSA) is 62.3 Å². The Balaban J connectivity index is 1.50. The van der Waals surface area contributed by atoms with Crippen LogP contribution in [0.25, 0.3) is 11.3 Å². The summed E-state index contributed by atoms with van der Waals surface area (Å²) in [5, 5.41) is 5.37. The van der Waals surface area contributed by atoms with Crippen LogP contribution in [0.3, 0.4) is 0 Å². The second kappa shape index (κ2) is 7.69. The van der Waals surface area contributed by atoms with Crippen LogP contribution in [-0.4, -0.2) is 23.3 Å². The van der Waals surface area contributed by atoms with Gasteiger partial charge in [0.1, 0.15) is 0 Å². The molecule has 0 unspecified atom stereocenters. The lowest BCUT2D eigenvalue weighted by molar-refractivity contribution is -0.116. The van der Waals surface area contributed by atoms with Crippen molar-refractivity contribution in [2.45, 2.75) is 39.5 Å². The van der Waals surface area contributed by atoms with E-state index in [1.807, 2.05) is 41.8 Å². The van der Waals surface area contributed by atoms with E-state index in [0.29, 0.717) is 10.7 Å². The lowest BCUT2D eigenvalue weighted by Crippen LogP contribution is -2.25. The number of carbonyl (C=O) groups is 2. The first kappa shape index (κ1) is 20.3. The lowest BCUT2D eigenvalue weighted by atomic mass is 9.87. The largest absolute Gasteiger partial charge is 0.312 e. The van der Waals surface area contributed by atoms with Crippen molar-refractivity contribution in [2.75, 3.05) is 16.8 Å². The fourth-order valence-corrected chi connectivity index (χ4v) is 4.33. The summed E-state index contributed by atoms with van der Waals surface area (Å²) in [6, 6.07) is 13.8. The Bertz CT molecular complexity index is 1110. The van der Waals surface area contributed by atoms with Crippen molar-refractivity contribution in [3.05, 3.63) is 64.5 Å². The van der Waals surface area contributed by atoms with Gasteiger partial charge in [-0.1, -0.05) is 45.0 Å². The number of nitrogens with zero attached hydrogens (tertiary/aromatic N) is 2. The van der Waals surface area contributed by atoms with Crippen LogP contribution in [0, 0.1) is 0 Å². The summed E-state index contributed by atoms with van der Waals surface area (Å²) in [6.45, 7) is 8.75. The predicted molar refractivity (Wildman–Crippen MR) is 122 cm³/mol. The van der Waals surface area contributed by atoms with Crippen LogP contribution in [0.2, 0.25) is 0 Å². The second-order valence-electron chi connectivity index (χ2n) is 8.58. The van der Waals surface area contributed by atoms with Gasteiger partial charge in [0.2, 0.25) is 5.91 Å². The fraction of sp³-hybridized carbons (Fsp3) is 0.292. The summed E-state index contributed by atoms with van der Waals surface area (Å²) >= 11 is 1.39. The zero-order valence-electron chi connectivity index (χ0n) is 17.7. The van der Waals surface area contributed by atoms with Gasteiger partial charge in [-0.3, -0.25) is 14.9 Å². The Hall–Kier alpha value is -2.99. The highest BCUT2D eigenvalue weighted by Crippen LogP contribution is 2.34. The minimum absolute atomic E-state index is 0.0487. The van der Waals surface area contributed by atoms with Crippen LogP contribution < -0.4 is 10.2 Å². The van der Waals surface area contributed by atoms with Crippen LogP contribution in [-0.2, 0) is 16.6 Å². The molecule has 0 spiro atoms. The number of hydrogen-bond donors (Lipinski definition) is 1. The molecule has 1 N–H and O–H groups in total. The highest BCUT2D eigenvalue weighted by atomic mass is 32.1. The summed E-state index contributed by atoms with van der Waals surface area (Å²) in [5.41, 5.74) is 5.70. The van der Waals surface area contributed by atoms with Crippen molar-refractivity contribution in [1.29, 1.82) is 0 Å². The molecule has 0 fully saturated rings. The first-order valence-electron chi connectivity index (χ1n) is 10.0. The van der Waals surface area contributed by atoms with Gasteiger partial charge in [-0.05, 0) is 41.2 Å². The van der Waals surface area contributed by atoms with Crippen molar-refractivity contribution in [3.8, 4) is 11.3 Å². The molecule has 5 nitrogen and oxygen atoms in total. The minimum atomic E-state index is -0.173. The molecular weight excluding hydrogens is 394 g/mol. The standard InChI is InChI=1S/C24H25N3O2S/c1-15(28)27-12-11-16-5-6-18(13-21(16)27)20-14-30-23(25-20)26-22(29)17-7-9-19(10-8-17)24(2,3)4/h5-10,13-14H,11-12H2,1-4H3,(H,25,26,29). The van der Waals surface area contributed by atoms with Gasteiger partial charge in [0.25, 0.3) is 5.91 Å². The molecular formula is C24H25N3O2S. The van der Waals surface area contributed by atoms with Crippen LogP contribution in [0.5, 0.6) is 0 Å². The number of hydrogen-bond acceptors (Lipinski definition) is 4. The van der Waals surface area contributed by atoms with Crippen molar-refractivity contribution >= 4 is 34.0 Å². The third-order valence-corrected chi connectivity index (χ3v) is 6.15. The van der Waals surface area contributed by atoms with Crippen molar-refractivity contribution in [2.24, 2.45) is 0 Å². The molecule has 4 rings (SSSR count). The fourth-order valence-electron chi connectivity index (χ4n) is 3.62. The van der Waals surface area contributed by atoms with Gasteiger partial charge in [0, 0.05) is 35.7 Å². The van der Waals surface area contributed by atoms with E-state index in [1.54, 1.807) is 11.8 Å². The number of rotatable bonds is 3. The van der Waals surface area contributed by atoms with Gasteiger partial charge >= 0.3 is 0 Å². The monoisotopic (exact) mass is 419 g/mol. The number of fused-ring (bicyclic) bond motifs is 1. The highest BCUT2D eigenvalue weighted by Gasteiger charge is 2.23. The number of aromatic nitrogens is 1. The third kappa shape index (κ3) is 4.00. The van der Waals surface area contributed by atoms with Gasteiger partial charge in [-0.2, -0.15) is 0 Å². The van der Waals surface area contributed by atoms with E-state index in [9.17, 15) is 9.59 Å². The zero-order chi connectivity index (χ0) is 21.5. The van der Waals surface area contributed by atoms with Crippen LogP contribution in [0.15, 0.2) is 47.8 Å². The second-order valence-corrected chi connectivity index (χ2v) is 9.44. The van der Waals surface area contributed by atoms with Crippen molar-refractivity contribution < 1.29 is 9.59 Å². The number of carbonyl (C=O) groups excluding carboxylic acids is 2. The molecule has 0 saturated heterocycles. The van der Waals surface area contributed by atoms with Gasteiger partial charge < -0.3 is 4.90 Å². The number of anilines is 2. The molecule has 30 heavy (non-hydrogen) atoms. The minimum Gasteiger partial charge on any atom is -0.312 e. The lowest BCUT2D eigenvalue weighted by Gasteiger charge is -2.18. The van der Waals surface area contributed by atoms with Crippen molar-refractivity contribution in [1.82, 2.24) is 4.98 Å². The highest BCUT2D eigenvalue weighted by molar-refractivity contribution is 7.14. The molecule has 3 aromatic rings. The summed E-state index contributed by atoms with van der Waals surface area (Å²) in [6.07, 6.45) is 0.877. The molecule has 0 atom stereocenters. The smallest absolute Gasteiger partial charge is 0.257 e. The number of benzene rings is 2. The predicted octanol–water partition coefficient (Wildman–Crippen LogP) is 5.27. The van der Waals surface area contributed by atoms with Gasteiger partial charge in [0.05, 0.1) is 5.69 Å². The van der Waals surface area contributed by atoms with Gasteiger partial charge in [0.15, 0.2) is 5.13 Å². The summed E-state index contributed by atoms with van der Waals surface area (Å²) in [7, 11) is 0. The third-order valence-electron chi connectivity index (χ3n) is 5.39. The van der Waals surface area contributed by atoms with E-state index < -0.39 is 0 Å². The van der Waals surface area contributed by atoms with Gasteiger partial charge in [-0.15, -0.1) is 11.3 Å². The number of amides is 2. The van der Waals surface area contributed by atoms with Crippen LogP contribution in [0.1, 0.15) is 49.2 Å². The molecule has 0 aliphatic carbocycles. The number of nitrogens with one attached hydrogen (secondary N) is 1. The summed E-state index contributed by atoms with van der Waals surface area (Å²) < 4.78 is 0. The van der Waals surface area contributed by atoms with Gasteiger partial charge in [-0.25, -0.2) is 4.98 Å². The van der Waals surface area contributed by atoms with E-state index >= 15 is 0 Å². The molecule has 2 aromatic carbocycles. The van der Waals surface area contributed by atoms with Crippen LogP contribution >= 0.6 is 11.3 Å². The Morgan fingerprint density at radius 2 is 1.83 bits per heavy atom. The Morgan fingerprint density at radius 1 is 1.10 bits per heavy atom. The molecule has 0 radical (unpaired) electrons. The van der Waals surface area contributed by atoms with E-state index in [0.717, 1.165) is 29.9 Å². The Morgan fingerprint density at radius 3 is 2.50 bits per heavy atom. The van der Waals surface area contributed by atoms with Crippen LogP contribution in [0.4, 0.5) is 10.8 Å². The van der Waals surface area contributed by atoms with E-state index in [2.05, 4.69) is 37.1 Å². The average Bonchev–Trinajstić information content (AvgIpc) is 3.33. The maximum atomic E-state index is 12.6. The van der Waals surface area contributed by atoms with E-state index in [4.69, 9.17) is 0 Å². The SMILES string of the molecule is CC(=O)N1CCc2ccc(-c3csc(NC(=O)c4ccc(C(C)(C)C)cc4)n3)cc21. The molecule has 154 valence electrons. The molecule has 2 heterocycles. The number of thiazole rings is 1. The molecule has 0 bridgehead atoms. The molecule has 1 aliphatic heterocycles.